The molecule has 1 heterocycles. The van der Waals surface area contributed by atoms with E-state index in [1.165, 1.54) is 12.1 Å². The first-order valence-electron chi connectivity index (χ1n) is 6.28. The molecule has 6 heteroatoms. The van der Waals surface area contributed by atoms with Gasteiger partial charge >= 0.3 is 0 Å². The van der Waals surface area contributed by atoms with Crippen LogP contribution in [0.4, 0.5) is 11.4 Å². The lowest BCUT2D eigenvalue weighted by Gasteiger charge is -2.09. The van der Waals surface area contributed by atoms with E-state index < -0.39 is 10.0 Å². The number of aromatic nitrogens is 1. The smallest absolute Gasteiger partial charge is 0.238 e. The van der Waals surface area contributed by atoms with Crippen LogP contribution >= 0.6 is 0 Å². The van der Waals surface area contributed by atoms with Crippen molar-refractivity contribution in [3.63, 3.8) is 0 Å². The number of primary sulfonamides is 1. The zero-order valence-corrected chi connectivity index (χ0v) is 11.8. The Balaban J connectivity index is 1.96. The number of fused-ring (bicyclic) bond motifs is 1. The van der Waals surface area contributed by atoms with Crippen LogP contribution in [0, 0.1) is 0 Å². The molecule has 0 spiro atoms. The van der Waals surface area contributed by atoms with Crippen molar-refractivity contribution in [2.45, 2.75) is 4.90 Å². The minimum atomic E-state index is -3.67. The van der Waals surface area contributed by atoms with Gasteiger partial charge in [-0.2, -0.15) is 0 Å². The van der Waals surface area contributed by atoms with Crippen molar-refractivity contribution in [3.05, 3.63) is 60.8 Å². The van der Waals surface area contributed by atoms with Crippen LogP contribution in [0.2, 0.25) is 0 Å². The SMILES string of the molecule is NS(=O)(=O)c1ccc(Nc2cccc3cccnc23)cc1. The summed E-state index contributed by atoms with van der Waals surface area (Å²) in [4.78, 5) is 4.44. The quantitative estimate of drug-likeness (QED) is 0.778. The summed E-state index contributed by atoms with van der Waals surface area (Å²) in [6.07, 6.45) is 1.73. The van der Waals surface area contributed by atoms with E-state index in [0.717, 1.165) is 22.3 Å². The summed E-state index contributed by atoms with van der Waals surface area (Å²) in [7, 11) is -3.67. The molecular weight excluding hydrogens is 286 g/mol. The lowest BCUT2D eigenvalue weighted by atomic mass is 10.2. The summed E-state index contributed by atoms with van der Waals surface area (Å²) in [5.74, 6) is 0. The van der Waals surface area contributed by atoms with Gasteiger partial charge in [-0.3, -0.25) is 4.98 Å². The number of sulfonamides is 1. The van der Waals surface area contributed by atoms with Crippen molar-refractivity contribution in [2.75, 3.05) is 5.32 Å². The lowest BCUT2D eigenvalue weighted by Crippen LogP contribution is -2.11. The Labute approximate surface area is 122 Å². The number of hydrogen-bond acceptors (Lipinski definition) is 4. The summed E-state index contributed by atoms with van der Waals surface area (Å²) >= 11 is 0. The lowest BCUT2D eigenvalue weighted by molar-refractivity contribution is 0.598. The van der Waals surface area contributed by atoms with E-state index in [1.54, 1.807) is 18.3 Å². The van der Waals surface area contributed by atoms with Gasteiger partial charge in [-0.25, -0.2) is 13.6 Å². The Hall–Kier alpha value is -2.44. The van der Waals surface area contributed by atoms with Crippen molar-refractivity contribution < 1.29 is 8.42 Å². The number of nitrogens with two attached hydrogens (primary N) is 1. The third-order valence-electron chi connectivity index (χ3n) is 3.09. The molecule has 0 fully saturated rings. The Kier molecular flexibility index (Phi) is 3.32. The molecule has 0 unspecified atom stereocenters. The van der Waals surface area contributed by atoms with Gasteiger partial charge in [0, 0.05) is 17.3 Å². The Morgan fingerprint density at radius 1 is 0.952 bits per heavy atom. The fourth-order valence-corrected chi connectivity index (χ4v) is 2.60. The van der Waals surface area contributed by atoms with E-state index in [4.69, 9.17) is 5.14 Å². The molecule has 0 atom stereocenters. The average Bonchev–Trinajstić information content (AvgIpc) is 2.47. The molecule has 0 aliphatic carbocycles. The van der Waals surface area contributed by atoms with Gasteiger partial charge in [0.2, 0.25) is 10.0 Å². The molecule has 1 aromatic heterocycles. The predicted octanol–water partition coefficient (Wildman–Crippen LogP) is 2.63. The van der Waals surface area contributed by atoms with E-state index in [0.29, 0.717) is 0 Å². The first kappa shape index (κ1) is 13.5. The van der Waals surface area contributed by atoms with Crippen LogP contribution in [0.25, 0.3) is 10.9 Å². The predicted molar refractivity (Wildman–Crippen MR) is 82.8 cm³/mol. The standard InChI is InChI=1S/C15H13N3O2S/c16-21(19,20)13-8-6-12(7-9-13)18-14-5-1-3-11-4-2-10-17-15(11)14/h1-10,18H,(H2,16,19,20). The van der Waals surface area contributed by atoms with E-state index in [9.17, 15) is 8.42 Å². The molecule has 5 nitrogen and oxygen atoms in total. The fourth-order valence-electron chi connectivity index (χ4n) is 2.09. The van der Waals surface area contributed by atoms with Gasteiger partial charge in [0.1, 0.15) is 0 Å². The molecule has 106 valence electrons. The number of pyridine rings is 1. The normalized spacial score (nSPS) is 11.5. The first-order valence-corrected chi connectivity index (χ1v) is 7.82. The van der Waals surface area contributed by atoms with E-state index in [-0.39, 0.29) is 4.90 Å². The zero-order chi connectivity index (χ0) is 14.9. The van der Waals surface area contributed by atoms with Gasteiger partial charge in [0.15, 0.2) is 0 Å². The van der Waals surface area contributed by atoms with Crippen LogP contribution in [0.15, 0.2) is 65.7 Å². The number of para-hydroxylation sites is 1. The summed E-state index contributed by atoms with van der Waals surface area (Å²) in [6.45, 7) is 0. The minimum absolute atomic E-state index is 0.0871. The molecule has 0 aliphatic heterocycles. The van der Waals surface area contributed by atoms with Crippen molar-refractivity contribution in [2.24, 2.45) is 5.14 Å². The van der Waals surface area contributed by atoms with Gasteiger partial charge in [-0.05, 0) is 36.4 Å². The van der Waals surface area contributed by atoms with Gasteiger partial charge in [0.05, 0.1) is 16.1 Å². The molecule has 0 radical (unpaired) electrons. The average molecular weight is 299 g/mol. The molecule has 0 bridgehead atoms. The van der Waals surface area contributed by atoms with Gasteiger partial charge in [0.25, 0.3) is 0 Å². The first-order chi connectivity index (χ1) is 10.0. The molecule has 0 amide bonds. The number of benzene rings is 2. The third kappa shape index (κ3) is 2.86. The van der Waals surface area contributed by atoms with Crippen molar-refractivity contribution in [1.82, 2.24) is 4.98 Å². The number of hydrogen-bond donors (Lipinski definition) is 2. The maximum absolute atomic E-state index is 11.2. The maximum Gasteiger partial charge on any atom is 0.238 e. The van der Waals surface area contributed by atoms with Crippen LogP contribution in [-0.4, -0.2) is 13.4 Å². The Morgan fingerprint density at radius 2 is 1.67 bits per heavy atom. The van der Waals surface area contributed by atoms with Gasteiger partial charge in [-0.1, -0.05) is 18.2 Å². The maximum atomic E-state index is 11.2. The second-order valence-electron chi connectivity index (χ2n) is 4.58. The van der Waals surface area contributed by atoms with E-state index >= 15 is 0 Å². The van der Waals surface area contributed by atoms with Crippen molar-refractivity contribution in [1.29, 1.82) is 0 Å². The molecular formula is C15H13N3O2S. The van der Waals surface area contributed by atoms with Crippen molar-refractivity contribution >= 4 is 32.3 Å². The highest BCUT2D eigenvalue weighted by Gasteiger charge is 2.07. The molecule has 21 heavy (non-hydrogen) atoms. The molecule has 3 aromatic rings. The summed E-state index contributed by atoms with van der Waals surface area (Å²) in [5, 5.41) is 9.33. The summed E-state index contributed by atoms with van der Waals surface area (Å²) in [5.41, 5.74) is 2.48. The monoisotopic (exact) mass is 299 g/mol. The number of rotatable bonds is 3. The van der Waals surface area contributed by atoms with E-state index in [2.05, 4.69) is 10.3 Å². The Morgan fingerprint density at radius 3 is 2.38 bits per heavy atom. The number of nitrogens with zero attached hydrogens (tertiary/aromatic N) is 1. The minimum Gasteiger partial charge on any atom is -0.354 e. The van der Waals surface area contributed by atoms with Crippen LogP contribution in [-0.2, 0) is 10.0 Å². The van der Waals surface area contributed by atoms with Crippen LogP contribution in [0.1, 0.15) is 0 Å². The van der Waals surface area contributed by atoms with Gasteiger partial charge in [-0.15, -0.1) is 0 Å². The fraction of sp³-hybridized carbons (Fsp3) is 0. The topological polar surface area (TPSA) is 85.1 Å². The zero-order valence-electron chi connectivity index (χ0n) is 11.0. The summed E-state index contributed by atoms with van der Waals surface area (Å²) < 4.78 is 22.4. The molecule has 0 saturated carbocycles. The second-order valence-corrected chi connectivity index (χ2v) is 6.14. The highest BCUT2D eigenvalue weighted by atomic mass is 32.2. The Bertz CT molecular complexity index is 885. The van der Waals surface area contributed by atoms with E-state index in [1.807, 2.05) is 30.3 Å². The van der Waals surface area contributed by atoms with Crippen LogP contribution in [0.5, 0.6) is 0 Å². The van der Waals surface area contributed by atoms with Gasteiger partial charge < -0.3 is 5.32 Å². The number of nitrogens with one attached hydrogen (secondary N) is 1. The molecule has 3 N–H and O–H groups in total. The molecule has 2 aromatic carbocycles. The molecule has 0 aliphatic rings. The summed E-state index contributed by atoms with van der Waals surface area (Å²) in [6, 6.07) is 16.0. The van der Waals surface area contributed by atoms with Crippen LogP contribution in [0.3, 0.4) is 0 Å². The largest absolute Gasteiger partial charge is 0.354 e. The molecule has 0 saturated heterocycles. The van der Waals surface area contributed by atoms with Crippen LogP contribution < -0.4 is 10.5 Å². The highest BCUT2D eigenvalue weighted by molar-refractivity contribution is 7.89. The molecule has 3 rings (SSSR count). The third-order valence-corrected chi connectivity index (χ3v) is 4.02. The van der Waals surface area contributed by atoms with Crippen molar-refractivity contribution in [3.8, 4) is 0 Å². The number of anilines is 2. The highest BCUT2D eigenvalue weighted by Crippen LogP contribution is 2.25. The second kappa shape index (κ2) is 5.16.